The molecule has 0 saturated heterocycles. The summed E-state index contributed by atoms with van der Waals surface area (Å²) in [7, 11) is 0. The van der Waals surface area contributed by atoms with Crippen molar-refractivity contribution in [3.63, 3.8) is 0 Å². The van der Waals surface area contributed by atoms with Gasteiger partial charge in [0.25, 0.3) is 0 Å². The third-order valence-electron chi connectivity index (χ3n) is 4.65. The van der Waals surface area contributed by atoms with Crippen LogP contribution < -0.4 is 0 Å². The van der Waals surface area contributed by atoms with Crippen molar-refractivity contribution in [3.05, 3.63) is 0 Å². The molecule has 0 aromatic rings. The monoisotopic (exact) mass is 208 g/mol. The largest absolute Gasteiger partial charge is 0.300 e. The average Bonchev–Trinajstić information content (AvgIpc) is 2.15. The average molecular weight is 208 g/mol. The van der Waals surface area contributed by atoms with E-state index >= 15 is 0 Å². The van der Waals surface area contributed by atoms with Crippen LogP contribution in [0.3, 0.4) is 0 Å². The third kappa shape index (κ3) is 2.43. The minimum atomic E-state index is 0.465. The molecular formula is C14H24O. The van der Waals surface area contributed by atoms with E-state index < -0.39 is 0 Å². The van der Waals surface area contributed by atoms with Crippen LogP contribution in [-0.2, 0) is 4.79 Å². The summed E-state index contributed by atoms with van der Waals surface area (Å²) in [6.45, 7) is 7.10. The van der Waals surface area contributed by atoms with Crippen LogP contribution in [0, 0.1) is 23.2 Å². The lowest BCUT2D eigenvalue weighted by atomic mass is 9.62. The zero-order valence-corrected chi connectivity index (χ0v) is 10.4. The van der Waals surface area contributed by atoms with Crippen LogP contribution in [0.25, 0.3) is 0 Å². The Kier molecular flexibility index (Phi) is 2.92. The molecule has 0 N–H and O–H groups in total. The van der Waals surface area contributed by atoms with E-state index in [1.807, 2.05) is 0 Å². The van der Waals surface area contributed by atoms with E-state index in [0.717, 1.165) is 30.6 Å². The lowest BCUT2D eigenvalue weighted by molar-refractivity contribution is -0.123. The molecule has 15 heavy (non-hydrogen) atoms. The number of fused-ring (bicyclic) bond motifs is 1. The smallest absolute Gasteiger partial charge is 0.133 e. The molecule has 0 heterocycles. The van der Waals surface area contributed by atoms with E-state index in [-0.39, 0.29) is 0 Å². The molecule has 0 unspecified atom stereocenters. The van der Waals surface area contributed by atoms with Crippen LogP contribution in [0.15, 0.2) is 0 Å². The van der Waals surface area contributed by atoms with E-state index in [2.05, 4.69) is 20.8 Å². The van der Waals surface area contributed by atoms with Crippen LogP contribution in [0.4, 0.5) is 0 Å². The molecular weight excluding hydrogens is 184 g/mol. The molecule has 0 spiro atoms. The normalized spacial score (nSPS) is 37.5. The molecule has 0 radical (unpaired) electrons. The molecule has 2 aliphatic rings. The van der Waals surface area contributed by atoms with Gasteiger partial charge < -0.3 is 0 Å². The number of carbonyl (C=O) groups is 1. The lowest BCUT2D eigenvalue weighted by Crippen LogP contribution is -2.35. The third-order valence-corrected chi connectivity index (χ3v) is 4.65. The Bertz CT molecular complexity index is 249. The summed E-state index contributed by atoms with van der Waals surface area (Å²) >= 11 is 0. The van der Waals surface area contributed by atoms with Gasteiger partial charge in [0.1, 0.15) is 5.78 Å². The molecule has 0 aromatic heterocycles. The van der Waals surface area contributed by atoms with Gasteiger partial charge in [0.2, 0.25) is 0 Å². The fourth-order valence-electron chi connectivity index (χ4n) is 3.48. The van der Waals surface area contributed by atoms with E-state index in [1.54, 1.807) is 0 Å². The van der Waals surface area contributed by atoms with Crippen LogP contribution in [0.1, 0.15) is 59.3 Å². The van der Waals surface area contributed by atoms with E-state index in [9.17, 15) is 4.79 Å². The van der Waals surface area contributed by atoms with Crippen LogP contribution in [0.5, 0.6) is 0 Å². The fraction of sp³-hybridized carbons (Fsp3) is 0.929. The predicted octanol–water partition coefficient (Wildman–Crippen LogP) is 3.82. The van der Waals surface area contributed by atoms with Crippen molar-refractivity contribution in [2.45, 2.75) is 59.3 Å². The highest BCUT2D eigenvalue weighted by molar-refractivity contribution is 5.79. The summed E-state index contributed by atoms with van der Waals surface area (Å²) in [6, 6.07) is 0. The number of carbonyl (C=O) groups excluding carboxylic acids is 1. The summed E-state index contributed by atoms with van der Waals surface area (Å²) in [5.41, 5.74) is 0.465. The number of hydrogen-bond acceptors (Lipinski definition) is 1. The maximum absolute atomic E-state index is 11.4. The van der Waals surface area contributed by atoms with E-state index in [0.29, 0.717) is 11.2 Å². The zero-order valence-electron chi connectivity index (χ0n) is 10.4. The first-order chi connectivity index (χ1) is 6.97. The van der Waals surface area contributed by atoms with Crippen molar-refractivity contribution >= 4 is 5.78 Å². The van der Waals surface area contributed by atoms with Crippen LogP contribution >= 0.6 is 0 Å². The van der Waals surface area contributed by atoms with Gasteiger partial charge in [-0.3, -0.25) is 4.79 Å². The number of Topliss-reactive ketones (excluding diaryl/α,β-unsaturated/α-hetero) is 1. The van der Waals surface area contributed by atoms with Gasteiger partial charge in [0.05, 0.1) is 0 Å². The summed E-state index contributed by atoms with van der Waals surface area (Å²) < 4.78 is 0. The minimum absolute atomic E-state index is 0.465. The quantitative estimate of drug-likeness (QED) is 0.591. The lowest BCUT2D eigenvalue weighted by Gasteiger charge is -2.43. The fourth-order valence-corrected chi connectivity index (χ4v) is 3.48. The minimum Gasteiger partial charge on any atom is -0.300 e. The number of rotatable bonds is 0. The molecule has 2 rings (SSSR count). The van der Waals surface area contributed by atoms with Crippen molar-refractivity contribution in [1.82, 2.24) is 0 Å². The Hall–Kier alpha value is -0.330. The molecule has 2 saturated carbocycles. The molecule has 1 nitrogen and oxygen atoms in total. The first-order valence-electron chi connectivity index (χ1n) is 6.48. The summed E-state index contributed by atoms with van der Waals surface area (Å²) in [6.07, 6.45) is 6.95. The highest BCUT2D eigenvalue weighted by Crippen LogP contribution is 2.47. The molecule has 2 fully saturated rings. The van der Waals surface area contributed by atoms with Crippen LogP contribution in [-0.4, -0.2) is 5.78 Å². The Balaban J connectivity index is 1.98. The van der Waals surface area contributed by atoms with E-state index in [4.69, 9.17) is 0 Å². The molecule has 0 amide bonds. The molecule has 1 heteroatoms. The first-order valence-corrected chi connectivity index (χ1v) is 6.48. The van der Waals surface area contributed by atoms with Gasteiger partial charge in [-0.1, -0.05) is 20.8 Å². The van der Waals surface area contributed by atoms with Gasteiger partial charge in [-0.2, -0.15) is 0 Å². The van der Waals surface area contributed by atoms with Gasteiger partial charge in [-0.05, 0) is 48.9 Å². The Labute approximate surface area is 93.6 Å². The molecule has 86 valence electrons. The topological polar surface area (TPSA) is 17.1 Å². The molecule has 0 bridgehead atoms. The van der Waals surface area contributed by atoms with E-state index in [1.165, 1.54) is 25.7 Å². The summed E-state index contributed by atoms with van der Waals surface area (Å²) in [5.74, 6) is 3.00. The standard InChI is InChI=1S/C14H24O/c1-14(2,3)12-6-4-11-9-13(15)7-5-10(11)8-12/h10-12H,4-9H2,1-3H3/t10-,11-,12-/m0/s1. The van der Waals surface area contributed by atoms with Crippen LogP contribution in [0.2, 0.25) is 0 Å². The van der Waals surface area contributed by atoms with Gasteiger partial charge >= 0.3 is 0 Å². The van der Waals surface area contributed by atoms with Gasteiger partial charge in [-0.25, -0.2) is 0 Å². The maximum Gasteiger partial charge on any atom is 0.133 e. The van der Waals surface area contributed by atoms with Crippen molar-refractivity contribution in [2.75, 3.05) is 0 Å². The second kappa shape index (κ2) is 3.92. The highest BCUT2D eigenvalue weighted by Gasteiger charge is 2.38. The van der Waals surface area contributed by atoms with Crippen molar-refractivity contribution < 1.29 is 4.79 Å². The van der Waals surface area contributed by atoms with Gasteiger partial charge in [0.15, 0.2) is 0 Å². The Morgan fingerprint density at radius 1 is 1.07 bits per heavy atom. The number of hydrogen-bond donors (Lipinski definition) is 0. The van der Waals surface area contributed by atoms with Crippen molar-refractivity contribution in [3.8, 4) is 0 Å². The molecule has 3 atom stereocenters. The second-order valence-electron chi connectivity index (χ2n) is 6.68. The van der Waals surface area contributed by atoms with Gasteiger partial charge in [0, 0.05) is 12.8 Å². The van der Waals surface area contributed by atoms with Crippen molar-refractivity contribution in [2.24, 2.45) is 23.2 Å². The predicted molar refractivity (Wildman–Crippen MR) is 62.6 cm³/mol. The number of ketones is 1. The molecule has 0 aliphatic heterocycles. The highest BCUT2D eigenvalue weighted by atomic mass is 16.1. The SMILES string of the molecule is CC(C)(C)[C@H]1CC[C@H]2CC(=O)CC[C@H]2C1. The molecule has 2 aliphatic carbocycles. The summed E-state index contributed by atoms with van der Waals surface area (Å²) in [4.78, 5) is 11.4. The first kappa shape index (κ1) is 11.2. The van der Waals surface area contributed by atoms with Gasteiger partial charge in [-0.15, -0.1) is 0 Å². The molecule has 0 aromatic carbocycles. The summed E-state index contributed by atoms with van der Waals surface area (Å²) in [5, 5.41) is 0. The Morgan fingerprint density at radius 2 is 1.80 bits per heavy atom. The second-order valence-corrected chi connectivity index (χ2v) is 6.68. The maximum atomic E-state index is 11.4. The zero-order chi connectivity index (χ0) is 11.1. The Morgan fingerprint density at radius 3 is 2.47 bits per heavy atom. The van der Waals surface area contributed by atoms with Crippen molar-refractivity contribution in [1.29, 1.82) is 0 Å².